The first-order chi connectivity index (χ1) is 8.20. The molecule has 1 aliphatic carbocycles. The van der Waals surface area contributed by atoms with Crippen LogP contribution in [0.15, 0.2) is 40.6 Å². The van der Waals surface area contributed by atoms with Crippen molar-refractivity contribution < 1.29 is 9.53 Å². The van der Waals surface area contributed by atoms with Crippen LogP contribution in [0.2, 0.25) is 0 Å². The quantitative estimate of drug-likeness (QED) is 0.798. The topological polar surface area (TPSA) is 26.3 Å². The molecule has 2 nitrogen and oxygen atoms in total. The molecule has 3 heteroatoms. The number of halogens is 1. The van der Waals surface area contributed by atoms with E-state index >= 15 is 0 Å². The van der Waals surface area contributed by atoms with Gasteiger partial charge in [0.05, 0.1) is 7.11 Å². The third-order valence-corrected chi connectivity index (χ3v) is 3.40. The number of benzene rings is 2. The first-order valence-corrected chi connectivity index (χ1v) is 6.02. The zero-order valence-corrected chi connectivity index (χ0v) is 10.7. The van der Waals surface area contributed by atoms with Gasteiger partial charge in [0.25, 0.3) is 0 Å². The molecular weight excluding hydrogens is 280 g/mol. The van der Waals surface area contributed by atoms with Gasteiger partial charge in [-0.25, -0.2) is 0 Å². The molecule has 0 atom stereocenters. The number of hydrogen-bond acceptors (Lipinski definition) is 2. The molecule has 3 rings (SSSR count). The van der Waals surface area contributed by atoms with Crippen molar-refractivity contribution in [2.75, 3.05) is 7.11 Å². The van der Waals surface area contributed by atoms with E-state index in [9.17, 15) is 4.79 Å². The molecule has 0 bridgehead atoms. The maximum Gasteiger partial charge on any atom is 0.228 e. The number of methoxy groups -OCH3 is 1. The van der Waals surface area contributed by atoms with Crippen LogP contribution < -0.4 is 0 Å². The average molecular weight is 289 g/mol. The first-order valence-electron chi connectivity index (χ1n) is 5.23. The second kappa shape index (κ2) is 3.70. The summed E-state index contributed by atoms with van der Waals surface area (Å²) in [6.45, 7) is 0. The molecular formula is C14H9BrO2. The van der Waals surface area contributed by atoms with Gasteiger partial charge in [-0.3, -0.25) is 4.79 Å². The van der Waals surface area contributed by atoms with Crippen LogP contribution in [-0.4, -0.2) is 12.9 Å². The van der Waals surface area contributed by atoms with E-state index in [1.165, 1.54) is 7.11 Å². The van der Waals surface area contributed by atoms with Crippen LogP contribution in [0, 0.1) is 0 Å². The molecule has 0 saturated carbocycles. The van der Waals surface area contributed by atoms with E-state index in [-0.39, 0.29) is 5.78 Å². The summed E-state index contributed by atoms with van der Waals surface area (Å²) in [4.78, 5) is 12.1. The predicted octanol–water partition coefficient (Wildman–Crippen LogP) is 3.79. The second-order valence-electron chi connectivity index (χ2n) is 3.94. The van der Waals surface area contributed by atoms with Crippen LogP contribution >= 0.6 is 15.9 Å². The van der Waals surface area contributed by atoms with Crippen molar-refractivity contribution in [3.63, 3.8) is 0 Å². The van der Waals surface area contributed by atoms with Gasteiger partial charge in [0.1, 0.15) is 0 Å². The lowest BCUT2D eigenvalue weighted by molar-refractivity contribution is 0.0957. The summed E-state index contributed by atoms with van der Waals surface area (Å²) in [6, 6.07) is 9.75. The number of Topliss-reactive ketones (excluding diaryl/α,β-unsaturated/α-hetero) is 1. The number of ether oxygens (including phenoxy) is 1. The molecule has 0 N–H and O–H groups in total. The van der Waals surface area contributed by atoms with E-state index in [4.69, 9.17) is 4.74 Å². The van der Waals surface area contributed by atoms with Gasteiger partial charge >= 0.3 is 0 Å². The highest BCUT2D eigenvalue weighted by atomic mass is 79.9. The van der Waals surface area contributed by atoms with Crippen molar-refractivity contribution in [2.24, 2.45) is 0 Å². The molecule has 1 aliphatic rings. The fourth-order valence-corrected chi connectivity index (χ4v) is 2.71. The molecule has 17 heavy (non-hydrogen) atoms. The Kier molecular flexibility index (Phi) is 2.30. The lowest BCUT2D eigenvalue weighted by Gasteiger charge is -2.16. The Balaban J connectivity index is 2.46. The SMILES string of the molecule is COC1=Cc2cc(Br)cc3cccc(c23)C1=O. The largest absolute Gasteiger partial charge is 0.493 e. The molecule has 0 radical (unpaired) electrons. The van der Waals surface area contributed by atoms with Gasteiger partial charge in [0.2, 0.25) is 5.78 Å². The number of rotatable bonds is 1. The van der Waals surface area contributed by atoms with E-state index < -0.39 is 0 Å². The summed E-state index contributed by atoms with van der Waals surface area (Å²) in [7, 11) is 1.52. The smallest absolute Gasteiger partial charge is 0.228 e. The van der Waals surface area contributed by atoms with Crippen LogP contribution in [0.1, 0.15) is 15.9 Å². The van der Waals surface area contributed by atoms with Crippen LogP contribution in [-0.2, 0) is 4.74 Å². The molecule has 0 unspecified atom stereocenters. The lowest BCUT2D eigenvalue weighted by atomic mass is 9.91. The fraction of sp³-hybridized carbons (Fsp3) is 0.0714. The summed E-state index contributed by atoms with van der Waals surface area (Å²) in [5, 5.41) is 2.06. The summed E-state index contributed by atoms with van der Waals surface area (Å²) in [6.07, 6.45) is 1.79. The molecule has 0 fully saturated rings. The van der Waals surface area contributed by atoms with Gasteiger partial charge < -0.3 is 4.74 Å². The van der Waals surface area contributed by atoms with Gasteiger partial charge in [0.15, 0.2) is 5.76 Å². The minimum Gasteiger partial charge on any atom is -0.493 e. The van der Waals surface area contributed by atoms with Crippen molar-refractivity contribution in [3.8, 4) is 0 Å². The monoisotopic (exact) mass is 288 g/mol. The van der Waals surface area contributed by atoms with Gasteiger partial charge in [-0.1, -0.05) is 34.1 Å². The summed E-state index contributed by atoms with van der Waals surface area (Å²) >= 11 is 3.47. The number of ketones is 1. The van der Waals surface area contributed by atoms with Crippen LogP contribution in [0.5, 0.6) is 0 Å². The third kappa shape index (κ3) is 1.50. The molecule has 84 valence electrons. The Morgan fingerprint density at radius 3 is 2.82 bits per heavy atom. The van der Waals surface area contributed by atoms with E-state index in [0.717, 1.165) is 20.8 Å². The molecule has 2 aromatic carbocycles. The van der Waals surface area contributed by atoms with Crippen LogP contribution in [0.4, 0.5) is 0 Å². The van der Waals surface area contributed by atoms with Crippen molar-refractivity contribution >= 4 is 38.6 Å². The Morgan fingerprint density at radius 2 is 2.06 bits per heavy atom. The van der Waals surface area contributed by atoms with Gasteiger partial charge in [-0.05, 0) is 29.2 Å². The molecule has 0 aliphatic heterocycles. The van der Waals surface area contributed by atoms with Gasteiger partial charge in [-0.2, -0.15) is 0 Å². The molecule has 0 heterocycles. The van der Waals surface area contributed by atoms with E-state index in [1.807, 2.05) is 30.3 Å². The number of carbonyl (C=O) groups excluding carboxylic acids is 1. The maximum atomic E-state index is 12.1. The number of hydrogen-bond donors (Lipinski definition) is 0. The second-order valence-corrected chi connectivity index (χ2v) is 4.86. The average Bonchev–Trinajstić information content (AvgIpc) is 2.33. The third-order valence-electron chi connectivity index (χ3n) is 2.95. The fourth-order valence-electron chi connectivity index (χ4n) is 2.22. The first kappa shape index (κ1) is 10.5. The van der Waals surface area contributed by atoms with Crippen LogP contribution in [0.25, 0.3) is 16.8 Å². The highest BCUT2D eigenvalue weighted by Gasteiger charge is 2.22. The maximum absolute atomic E-state index is 12.1. The Hall–Kier alpha value is -1.61. The summed E-state index contributed by atoms with van der Waals surface area (Å²) in [5.74, 6) is 0.344. The minimum absolute atomic E-state index is 0.0482. The van der Waals surface area contributed by atoms with Crippen molar-refractivity contribution in [3.05, 3.63) is 51.7 Å². The van der Waals surface area contributed by atoms with E-state index in [0.29, 0.717) is 11.3 Å². The Bertz CT molecular complexity index is 671. The van der Waals surface area contributed by atoms with Crippen molar-refractivity contribution in [2.45, 2.75) is 0 Å². The zero-order chi connectivity index (χ0) is 12.0. The Labute approximate surface area is 107 Å². The van der Waals surface area contributed by atoms with Gasteiger partial charge in [0, 0.05) is 15.4 Å². The molecule has 0 amide bonds. The minimum atomic E-state index is -0.0482. The highest BCUT2D eigenvalue weighted by Crippen LogP contribution is 2.33. The zero-order valence-electron chi connectivity index (χ0n) is 9.16. The predicted molar refractivity (Wildman–Crippen MR) is 71.0 cm³/mol. The number of allylic oxidation sites excluding steroid dienone is 1. The Morgan fingerprint density at radius 1 is 1.24 bits per heavy atom. The number of carbonyl (C=O) groups is 1. The molecule has 0 spiro atoms. The van der Waals surface area contributed by atoms with Crippen LogP contribution in [0.3, 0.4) is 0 Å². The highest BCUT2D eigenvalue weighted by molar-refractivity contribution is 9.10. The normalized spacial score (nSPS) is 13.8. The molecule has 0 aromatic heterocycles. The summed E-state index contributed by atoms with van der Waals surface area (Å²) < 4.78 is 6.13. The summed E-state index contributed by atoms with van der Waals surface area (Å²) in [5.41, 5.74) is 1.73. The van der Waals surface area contributed by atoms with Gasteiger partial charge in [-0.15, -0.1) is 0 Å². The lowest BCUT2D eigenvalue weighted by Crippen LogP contribution is -2.10. The molecule has 2 aromatic rings. The van der Waals surface area contributed by atoms with E-state index in [1.54, 1.807) is 6.08 Å². The van der Waals surface area contributed by atoms with Crippen molar-refractivity contribution in [1.29, 1.82) is 0 Å². The van der Waals surface area contributed by atoms with E-state index in [2.05, 4.69) is 15.9 Å². The molecule has 0 saturated heterocycles. The standard InChI is InChI=1S/C14H9BrO2/c1-17-12-7-9-6-10(15)5-8-3-2-4-11(13(8)9)14(12)16/h2-7H,1H3. The van der Waals surface area contributed by atoms with Crippen molar-refractivity contribution in [1.82, 2.24) is 0 Å².